The summed E-state index contributed by atoms with van der Waals surface area (Å²) in [5, 5.41) is 2.90. The second-order valence-electron chi connectivity index (χ2n) is 6.79. The van der Waals surface area contributed by atoms with Crippen LogP contribution in [0.25, 0.3) is 0 Å². The van der Waals surface area contributed by atoms with Gasteiger partial charge in [-0.2, -0.15) is 0 Å². The molecule has 2 rings (SSSR count). The van der Waals surface area contributed by atoms with Gasteiger partial charge in [-0.1, -0.05) is 17.7 Å². The Morgan fingerprint density at radius 2 is 1.87 bits per heavy atom. The van der Waals surface area contributed by atoms with E-state index in [1.54, 1.807) is 26.0 Å². The molecule has 1 N–H and O–H groups in total. The van der Waals surface area contributed by atoms with Crippen LogP contribution in [0.4, 0.5) is 11.4 Å². The van der Waals surface area contributed by atoms with E-state index in [0.717, 1.165) is 10.6 Å². The van der Waals surface area contributed by atoms with E-state index < -0.39 is 27.9 Å². The van der Waals surface area contributed by atoms with Gasteiger partial charge in [0.05, 0.1) is 36.2 Å². The minimum Gasteiger partial charge on any atom is -0.495 e. The summed E-state index contributed by atoms with van der Waals surface area (Å²) in [6.45, 7) is 5.13. The number of carbonyl (C=O) groups is 2. The average molecular weight is 469 g/mol. The molecule has 10 heteroatoms. The molecule has 0 saturated heterocycles. The van der Waals surface area contributed by atoms with Gasteiger partial charge in [-0.3, -0.25) is 9.10 Å². The fraction of sp³-hybridized carbons (Fsp3) is 0.333. The van der Waals surface area contributed by atoms with Crippen molar-refractivity contribution in [3.63, 3.8) is 0 Å². The van der Waals surface area contributed by atoms with Crippen LogP contribution in [0.3, 0.4) is 0 Å². The molecule has 0 radical (unpaired) electrons. The lowest BCUT2D eigenvalue weighted by atomic mass is 10.1. The Morgan fingerprint density at radius 1 is 1.19 bits per heavy atom. The number of nitrogens with zero attached hydrogens (tertiary/aromatic N) is 1. The maximum absolute atomic E-state index is 12.9. The van der Waals surface area contributed by atoms with Crippen LogP contribution < -0.4 is 14.4 Å². The molecule has 2 aromatic rings. The fourth-order valence-electron chi connectivity index (χ4n) is 2.94. The van der Waals surface area contributed by atoms with Crippen molar-refractivity contribution < 1.29 is 27.5 Å². The predicted molar refractivity (Wildman–Crippen MR) is 121 cm³/mol. The first-order chi connectivity index (χ1) is 14.5. The van der Waals surface area contributed by atoms with Crippen LogP contribution in [-0.4, -0.2) is 46.3 Å². The zero-order valence-electron chi connectivity index (χ0n) is 17.9. The van der Waals surface area contributed by atoms with Crippen LogP contribution in [-0.2, 0) is 19.6 Å². The Morgan fingerprint density at radius 3 is 2.42 bits per heavy atom. The number of amides is 1. The van der Waals surface area contributed by atoms with Crippen molar-refractivity contribution in [2.45, 2.75) is 26.8 Å². The first-order valence-electron chi connectivity index (χ1n) is 9.41. The first-order valence-corrected chi connectivity index (χ1v) is 11.6. The number of benzene rings is 2. The topological polar surface area (TPSA) is 102 Å². The summed E-state index contributed by atoms with van der Waals surface area (Å²) in [6, 6.07) is 8.09. The molecule has 0 bridgehead atoms. The summed E-state index contributed by atoms with van der Waals surface area (Å²) in [6.07, 6.45) is 1.00. The van der Waals surface area contributed by atoms with Crippen LogP contribution in [0.5, 0.6) is 5.75 Å². The molecule has 1 atom stereocenters. The van der Waals surface area contributed by atoms with Gasteiger partial charge >= 0.3 is 5.97 Å². The van der Waals surface area contributed by atoms with Crippen LogP contribution in [0, 0.1) is 6.92 Å². The molecule has 1 unspecified atom stereocenters. The number of sulfonamides is 1. The quantitative estimate of drug-likeness (QED) is 0.593. The molecular formula is C21H25ClN2O6S. The molecule has 8 nitrogen and oxygen atoms in total. The highest BCUT2D eigenvalue weighted by molar-refractivity contribution is 7.92. The van der Waals surface area contributed by atoms with Gasteiger partial charge in [-0.05, 0) is 56.7 Å². The number of rotatable bonds is 8. The number of esters is 1. The molecule has 0 spiro atoms. The smallest absolute Gasteiger partial charge is 0.338 e. The number of hydrogen-bond acceptors (Lipinski definition) is 6. The van der Waals surface area contributed by atoms with Crippen molar-refractivity contribution in [1.29, 1.82) is 0 Å². The lowest BCUT2D eigenvalue weighted by Gasteiger charge is -2.28. The summed E-state index contributed by atoms with van der Waals surface area (Å²) in [5.41, 5.74) is 1.57. The highest BCUT2D eigenvalue weighted by Crippen LogP contribution is 2.31. The molecule has 0 saturated carbocycles. The normalized spacial score (nSPS) is 12.1. The van der Waals surface area contributed by atoms with Crippen molar-refractivity contribution in [2.24, 2.45) is 0 Å². The van der Waals surface area contributed by atoms with Crippen molar-refractivity contribution in [3.05, 3.63) is 52.5 Å². The van der Waals surface area contributed by atoms with Crippen LogP contribution in [0.15, 0.2) is 36.4 Å². The molecule has 0 aromatic heterocycles. The molecule has 1 amide bonds. The second kappa shape index (κ2) is 10.0. The number of halogens is 1. The third-order valence-corrected chi connectivity index (χ3v) is 6.02. The zero-order chi connectivity index (χ0) is 23.3. The van der Waals surface area contributed by atoms with E-state index >= 15 is 0 Å². The maximum Gasteiger partial charge on any atom is 0.338 e. The molecule has 0 aliphatic carbocycles. The van der Waals surface area contributed by atoms with E-state index in [0.29, 0.717) is 17.0 Å². The molecule has 2 aromatic carbocycles. The molecule has 31 heavy (non-hydrogen) atoms. The number of aryl methyl sites for hydroxylation is 1. The first kappa shape index (κ1) is 24.5. The Hall–Kier alpha value is -2.78. The molecule has 0 aliphatic heterocycles. The lowest BCUT2D eigenvalue weighted by Crippen LogP contribution is -2.45. The summed E-state index contributed by atoms with van der Waals surface area (Å²) < 4.78 is 36.0. The summed E-state index contributed by atoms with van der Waals surface area (Å²) in [4.78, 5) is 24.9. The van der Waals surface area contributed by atoms with Crippen LogP contribution in [0.2, 0.25) is 5.02 Å². The minimum atomic E-state index is -3.83. The number of nitrogens with one attached hydrogen (secondary N) is 1. The van der Waals surface area contributed by atoms with Gasteiger partial charge in [0.15, 0.2) is 0 Å². The number of carbonyl (C=O) groups excluding carboxylic acids is 2. The minimum absolute atomic E-state index is 0.208. The van der Waals surface area contributed by atoms with Crippen molar-refractivity contribution in [3.8, 4) is 5.75 Å². The van der Waals surface area contributed by atoms with Gasteiger partial charge in [0.25, 0.3) is 0 Å². The average Bonchev–Trinajstić information content (AvgIpc) is 2.69. The number of methoxy groups -OCH3 is 1. The summed E-state index contributed by atoms with van der Waals surface area (Å²) in [7, 11) is -2.39. The monoisotopic (exact) mass is 468 g/mol. The van der Waals surface area contributed by atoms with E-state index in [4.69, 9.17) is 21.1 Å². The predicted octanol–water partition coefficient (Wildman–Crippen LogP) is 3.63. The second-order valence-corrected chi connectivity index (χ2v) is 9.06. The van der Waals surface area contributed by atoms with Crippen molar-refractivity contribution in [2.75, 3.05) is 29.6 Å². The van der Waals surface area contributed by atoms with Gasteiger partial charge < -0.3 is 14.8 Å². The van der Waals surface area contributed by atoms with Crippen LogP contribution >= 0.6 is 11.6 Å². The summed E-state index contributed by atoms with van der Waals surface area (Å²) in [5.74, 6) is -0.722. The molecule has 0 fully saturated rings. The number of hydrogen-bond donors (Lipinski definition) is 1. The van der Waals surface area contributed by atoms with E-state index in [1.807, 2.05) is 0 Å². The Kier molecular flexibility index (Phi) is 7.91. The maximum atomic E-state index is 12.9. The Balaban J connectivity index is 2.36. The third-order valence-electron chi connectivity index (χ3n) is 4.48. The molecule has 0 aliphatic rings. The van der Waals surface area contributed by atoms with E-state index in [2.05, 4.69) is 5.32 Å². The van der Waals surface area contributed by atoms with Crippen molar-refractivity contribution >= 4 is 44.9 Å². The van der Waals surface area contributed by atoms with Gasteiger partial charge in [0.2, 0.25) is 15.9 Å². The SMILES string of the molecule is CCOC(=O)c1ccc(C)c(NC(=O)C(C)N(c2ccc(OC)c(Cl)c2)S(C)(=O)=O)c1. The van der Waals surface area contributed by atoms with Crippen LogP contribution in [0.1, 0.15) is 29.8 Å². The van der Waals surface area contributed by atoms with E-state index in [9.17, 15) is 18.0 Å². The Labute approximate surface area is 187 Å². The molecule has 168 valence electrons. The summed E-state index contributed by atoms with van der Waals surface area (Å²) >= 11 is 6.14. The van der Waals surface area contributed by atoms with Gasteiger partial charge in [-0.15, -0.1) is 0 Å². The third kappa shape index (κ3) is 5.89. The highest BCUT2D eigenvalue weighted by Gasteiger charge is 2.30. The van der Waals surface area contributed by atoms with Gasteiger partial charge in [0, 0.05) is 5.69 Å². The van der Waals surface area contributed by atoms with E-state index in [-0.39, 0.29) is 22.9 Å². The lowest BCUT2D eigenvalue weighted by molar-refractivity contribution is -0.116. The van der Waals surface area contributed by atoms with Crippen molar-refractivity contribution in [1.82, 2.24) is 0 Å². The van der Waals surface area contributed by atoms with Gasteiger partial charge in [0.1, 0.15) is 11.8 Å². The fourth-order valence-corrected chi connectivity index (χ4v) is 4.36. The number of ether oxygens (including phenoxy) is 2. The zero-order valence-corrected chi connectivity index (χ0v) is 19.5. The molecular weight excluding hydrogens is 444 g/mol. The van der Waals surface area contributed by atoms with E-state index in [1.165, 1.54) is 38.3 Å². The Bertz CT molecular complexity index is 1090. The largest absolute Gasteiger partial charge is 0.495 e. The number of anilines is 2. The standard InChI is InChI=1S/C21H25ClN2O6S/c1-6-30-21(26)15-8-7-13(2)18(11-15)23-20(25)14(3)24(31(5,27)28)16-9-10-19(29-4)17(22)12-16/h7-12,14H,6H2,1-5H3,(H,23,25). The molecule has 0 heterocycles. The van der Waals surface area contributed by atoms with Gasteiger partial charge in [-0.25, -0.2) is 13.2 Å². The highest BCUT2D eigenvalue weighted by atomic mass is 35.5.